The number of guanidine groups is 1. The third-order valence-electron chi connectivity index (χ3n) is 1.47. The van der Waals surface area contributed by atoms with Crippen molar-refractivity contribution in [3.8, 4) is 0 Å². The van der Waals surface area contributed by atoms with E-state index in [9.17, 15) is 13.2 Å². The number of nitrogens with two attached hydrogens (primary N) is 1. The predicted molar refractivity (Wildman–Crippen MR) is 51.9 cm³/mol. The molecule has 0 spiro atoms. The Labute approximate surface area is 87.7 Å². The van der Waals surface area contributed by atoms with Gasteiger partial charge in [-0.15, -0.1) is 0 Å². The van der Waals surface area contributed by atoms with Crippen molar-refractivity contribution in [3.63, 3.8) is 0 Å². The molecule has 1 atom stereocenters. The molecule has 0 saturated carbocycles. The average molecular weight is 236 g/mol. The van der Waals surface area contributed by atoms with Crippen molar-refractivity contribution in [2.24, 2.45) is 10.1 Å². The summed E-state index contributed by atoms with van der Waals surface area (Å²) < 4.78 is 23.3. The largest absolute Gasteiger partial charge is 0.480 e. The van der Waals surface area contributed by atoms with Crippen LogP contribution in [0.4, 0.5) is 0 Å². The molecule has 0 radical (unpaired) electrons. The summed E-state index contributed by atoms with van der Waals surface area (Å²) in [4.78, 5) is 10.5. The van der Waals surface area contributed by atoms with Crippen molar-refractivity contribution in [1.29, 1.82) is 5.41 Å². The molecule has 8 nitrogen and oxygen atoms in total. The zero-order valence-electron chi connectivity index (χ0n) is 7.80. The van der Waals surface area contributed by atoms with Gasteiger partial charge < -0.3 is 16.2 Å². The topological polar surface area (TPSA) is 146 Å². The first-order chi connectivity index (χ1) is 6.93. The standard InChI is InChI=1S/C6H12N4O4S/c7-6(8)9-3-1-2-4(5(11)12)10-15(13)14/h4H,1-3H2,(H,11,12)(H4,7,8,9)/t4-/m0/s1. The number of carboxylic acids is 1. The summed E-state index contributed by atoms with van der Waals surface area (Å²) in [5.74, 6) is -1.51. The van der Waals surface area contributed by atoms with Crippen LogP contribution in [0, 0.1) is 5.41 Å². The summed E-state index contributed by atoms with van der Waals surface area (Å²) in [6.45, 7) is 0.306. The monoisotopic (exact) mass is 236 g/mol. The zero-order chi connectivity index (χ0) is 11.8. The molecule has 0 saturated heterocycles. The van der Waals surface area contributed by atoms with Crippen molar-refractivity contribution in [3.05, 3.63) is 0 Å². The fraction of sp³-hybridized carbons (Fsp3) is 0.667. The van der Waals surface area contributed by atoms with Gasteiger partial charge in [0, 0.05) is 6.54 Å². The fourth-order valence-corrected chi connectivity index (χ4v) is 1.25. The molecule has 0 aromatic rings. The summed E-state index contributed by atoms with van der Waals surface area (Å²) >= 11 is 0. The molecular weight excluding hydrogens is 224 g/mol. The van der Waals surface area contributed by atoms with Gasteiger partial charge >= 0.3 is 16.5 Å². The number of nitrogens with zero attached hydrogens (tertiary/aromatic N) is 1. The Balaban J connectivity index is 4.04. The van der Waals surface area contributed by atoms with Gasteiger partial charge in [0.2, 0.25) is 0 Å². The lowest BCUT2D eigenvalue weighted by atomic mass is 10.2. The van der Waals surface area contributed by atoms with E-state index in [0.717, 1.165) is 0 Å². The van der Waals surface area contributed by atoms with Crippen LogP contribution < -0.4 is 11.1 Å². The molecule has 0 aliphatic carbocycles. The molecule has 0 amide bonds. The maximum Gasteiger partial charge on any atom is 0.329 e. The van der Waals surface area contributed by atoms with Crippen molar-refractivity contribution >= 4 is 22.4 Å². The molecule has 0 rings (SSSR count). The molecule has 0 aromatic carbocycles. The van der Waals surface area contributed by atoms with Crippen molar-refractivity contribution in [2.45, 2.75) is 18.9 Å². The first-order valence-corrected chi connectivity index (χ1v) is 5.07. The second-order valence-electron chi connectivity index (χ2n) is 2.66. The van der Waals surface area contributed by atoms with Gasteiger partial charge in [-0.3, -0.25) is 5.41 Å². The quantitative estimate of drug-likeness (QED) is 0.258. The van der Waals surface area contributed by atoms with Gasteiger partial charge in [-0.25, -0.2) is 4.79 Å². The van der Waals surface area contributed by atoms with Gasteiger partial charge in [-0.05, 0) is 12.8 Å². The smallest absolute Gasteiger partial charge is 0.329 e. The van der Waals surface area contributed by atoms with E-state index in [2.05, 4.69) is 9.68 Å². The van der Waals surface area contributed by atoms with E-state index in [1.165, 1.54) is 0 Å². The van der Waals surface area contributed by atoms with Crippen LogP contribution in [0.15, 0.2) is 4.36 Å². The molecule has 0 fully saturated rings. The van der Waals surface area contributed by atoms with E-state index >= 15 is 0 Å². The number of carbonyl (C=O) groups is 1. The van der Waals surface area contributed by atoms with Crippen LogP contribution in [0.25, 0.3) is 0 Å². The fourth-order valence-electron chi connectivity index (χ4n) is 0.844. The van der Waals surface area contributed by atoms with Gasteiger partial charge in [0.25, 0.3) is 0 Å². The minimum Gasteiger partial charge on any atom is -0.480 e. The second kappa shape index (κ2) is 6.76. The van der Waals surface area contributed by atoms with Crippen LogP contribution in [-0.2, 0) is 15.3 Å². The summed E-state index contributed by atoms with van der Waals surface area (Å²) in [6, 6.07) is -1.27. The normalized spacial score (nSPS) is 11.5. The van der Waals surface area contributed by atoms with Gasteiger partial charge in [0.05, 0.1) is 0 Å². The molecule has 0 aliphatic rings. The SMILES string of the molecule is N=C(N)NCCC[C@H](N=S(=O)=O)C(=O)O. The maximum atomic E-state index is 10.5. The maximum absolute atomic E-state index is 10.5. The number of hydrogen-bond donors (Lipinski definition) is 4. The number of rotatable bonds is 6. The summed E-state index contributed by atoms with van der Waals surface area (Å²) in [5.41, 5.74) is 4.98. The van der Waals surface area contributed by atoms with Crippen LogP contribution in [0.1, 0.15) is 12.8 Å². The van der Waals surface area contributed by atoms with Crippen LogP contribution in [0.5, 0.6) is 0 Å². The van der Waals surface area contributed by atoms with Crippen molar-refractivity contribution in [1.82, 2.24) is 5.32 Å². The third kappa shape index (κ3) is 7.43. The molecule has 0 bridgehead atoms. The Morgan fingerprint density at radius 1 is 1.60 bits per heavy atom. The summed E-state index contributed by atoms with van der Waals surface area (Å²) in [7, 11) is -2.72. The third-order valence-corrected chi connectivity index (χ3v) is 1.89. The lowest BCUT2D eigenvalue weighted by Crippen LogP contribution is -2.31. The molecule has 9 heteroatoms. The van der Waals surface area contributed by atoms with E-state index in [1.807, 2.05) is 0 Å². The summed E-state index contributed by atoms with van der Waals surface area (Å²) in [5, 5.41) is 17.8. The highest BCUT2D eigenvalue weighted by atomic mass is 32.2. The second-order valence-corrected chi connectivity index (χ2v) is 3.30. The highest BCUT2D eigenvalue weighted by Gasteiger charge is 2.15. The van der Waals surface area contributed by atoms with Crippen molar-refractivity contribution < 1.29 is 18.3 Å². The van der Waals surface area contributed by atoms with Crippen LogP contribution in [-0.4, -0.2) is 38.0 Å². The number of hydrogen-bond acceptors (Lipinski definition) is 5. The molecular formula is C6H12N4O4S. The molecule has 0 unspecified atom stereocenters. The van der Waals surface area contributed by atoms with E-state index in [0.29, 0.717) is 13.0 Å². The van der Waals surface area contributed by atoms with E-state index < -0.39 is 22.5 Å². The Kier molecular flexibility index (Phi) is 6.02. The van der Waals surface area contributed by atoms with Crippen LogP contribution in [0.3, 0.4) is 0 Å². The molecule has 86 valence electrons. The molecule has 15 heavy (non-hydrogen) atoms. The van der Waals surface area contributed by atoms with E-state index in [-0.39, 0.29) is 12.4 Å². The minimum absolute atomic E-state index is 0.0730. The predicted octanol–water partition coefficient (Wildman–Crippen LogP) is -1.23. The van der Waals surface area contributed by atoms with Gasteiger partial charge in [-0.1, -0.05) is 0 Å². The Bertz CT molecular complexity index is 355. The Hall–Kier alpha value is -1.64. The van der Waals surface area contributed by atoms with Gasteiger partial charge in [0.15, 0.2) is 12.0 Å². The number of aliphatic carboxylic acids is 1. The van der Waals surface area contributed by atoms with Crippen LogP contribution >= 0.6 is 0 Å². The lowest BCUT2D eigenvalue weighted by molar-refractivity contribution is -0.138. The minimum atomic E-state index is -2.72. The van der Waals surface area contributed by atoms with Crippen LogP contribution in [0.2, 0.25) is 0 Å². The Morgan fingerprint density at radius 3 is 2.60 bits per heavy atom. The zero-order valence-corrected chi connectivity index (χ0v) is 8.62. The molecule has 0 aliphatic heterocycles. The van der Waals surface area contributed by atoms with Gasteiger partial charge in [-0.2, -0.15) is 12.8 Å². The first-order valence-electron chi connectivity index (χ1n) is 4.04. The lowest BCUT2D eigenvalue weighted by Gasteiger charge is -2.05. The van der Waals surface area contributed by atoms with E-state index in [4.69, 9.17) is 16.2 Å². The molecule has 0 heterocycles. The summed E-state index contributed by atoms with van der Waals surface area (Å²) in [6.07, 6.45) is 0.431. The number of nitrogens with one attached hydrogen (secondary N) is 2. The highest BCUT2D eigenvalue weighted by molar-refractivity contribution is 7.61. The molecule has 0 aromatic heterocycles. The highest BCUT2D eigenvalue weighted by Crippen LogP contribution is 2.01. The Morgan fingerprint density at radius 2 is 2.20 bits per heavy atom. The first kappa shape index (κ1) is 13.4. The van der Waals surface area contributed by atoms with Crippen molar-refractivity contribution in [2.75, 3.05) is 6.54 Å². The van der Waals surface area contributed by atoms with Gasteiger partial charge in [0.1, 0.15) is 0 Å². The van der Waals surface area contributed by atoms with E-state index in [1.54, 1.807) is 0 Å². The molecule has 5 N–H and O–H groups in total. The number of carboxylic acid groups (broad SMARTS) is 1. The average Bonchev–Trinajstić information content (AvgIpc) is 2.08.